The van der Waals surface area contributed by atoms with E-state index in [1.165, 1.54) is 6.07 Å². The maximum Gasteiger partial charge on any atom is 0.224 e. The second-order valence-electron chi connectivity index (χ2n) is 4.41. The molecule has 2 rings (SSSR count). The smallest absolute Gasteiger partial charge is 0.224 e. The van der Waals surface area contributed by atoms with Gasteiger partial charge in [-0.15, -0.1) is 0 Å². The summed E-state index contributed by atoms with van der Waals surface area (Å²) in [6.45, 7) is 0. The minimum Gasteiger partial charge on any atom is -0.325 e. The number of benzene rings is 2. The summed E-state index contributed by atoms with van der Waals surface area (Å²) in [5, 5.41) is 3.37. The van der Waals surface area contributed by atoms with Crippen LogP contribution in [-0.4, -0.2) is 5.91 Å². The summed E-state index contributed by atoms with van der Waals surface area (Å²) in [6.07, 6.45) is 0.111. The molecule has 0 saturated heterocycles. The third-order valence-corrected chi connectivity index (χ3v) is 3.38. The molecular formula is C15H11Cl2F2NO. The van der Waals surface area contributed by atoms with E-state index in [-0.39, 0.29) is 24.3 Å². The van der Waals surface area contributed by atoms with Gasteiger partial charge >= 0.3 is 0 Å². The third kappa shape index (κ3) is 4.41. The number of aryl methyl sites for hydroxylation is 1. The molecule has 2 nitrogen and oxygen atoms in total. The Balaban J connectivity index is 1.97. The van der Waals surface area contributed by atoms with Gasteiger partial charge in [0.2, 0.25) is 5.91 Å². The summed E-state index contributed by atoms with van der Waals surface area (Å²) < 4.78 is 26.4. The van der Waals surface area contributed by atoms with E-state index in [9.17, 15) is 13.6 Å². The monoisotopic (exact) mass is 329 g/mol. The van der Waals surface area contributed by atoms with Crippen molar-refractivity contribution in [3.63, 3.8) is 0 Å². The van der Waals surface area contributed by atoms with E-state index in [4.69, 9.17) is 23.2 Å². The highest BCUT2D eigenvalue weighted by atomic mass is 35.5. The van der Waals surface area contributed by atoms with Crippen molar-refractivity contribution in [2.75, 3.05) is 5.32 Å². The van der Waals surface area contributed by atoms with Crippen molar-refractivity contribution < 1.29 is 13.6 Å². The first kappa shape index (κ1) is 15.7. The summed E-state index contributed by atoms with van der Waals surface area (Å²) in [7, 11) is 0. The fourth-order valence-corrected chi connectivity index (χ4v) is 2.24. The molecule has 2 aromatic rings. The van der Waals surface area contributed by atoms with Crippen LogP contribution in [0.15, 0.2) is 36.4 Å². The largest absolute Gasteiger partial charge is 0.325 e. The van der Waals surface area contributed by atoms with Gasteiger partial charge in [-0.3, -0.25) is 4.79 Å². The van der Waals surface area contributed by atoms with E-state index in [2.05, 4.69) is 5.32 Å². The van der Waals surface area contributed by atoms with E-state index in [1.54, 1.807) is 12.1 Å². The van der Waals surface area contributed by atoms with Crippen molar-refractivity contribution in [2.45, 2.75) is 12.8 Å². The van der Waals surface area contributed by atoms with Gasteiger partial charge in [-0.1, -0.05) is 23.2 Å². The van der Waals surface area contributed by atoms with Crippen LogP contribution in [0, 0.1) is 11.6 Å². The van der Waals surface area contributed by atoms with Crippen LogP contribution < -0.4 is 5.32 Å². The predicted octanol–water partition coefficient (Wildman–Crippen LogP) is 4.84. The van der Waals surface area contributed by atoms with Crippen LogP contribution in [0.25, 0.3) is 0 Å². The van der Waals surface area contributed by atoms with Crippen molar-refractivity contribution in [3.8, 4) is 0 Å². The fourth-order valence-electron chi connectivity index (χ4n) is 1.79. The molecule has 0 unspecified atom stereocenters. The molecule has 0 heterocycles. The predicted molar refractivity (Wildman–Crippen MR) is 79.8 cm³/mol. The quantitative estimate of drug-likeness (QED) is 0.854. The normalized spacial score (nSPS) is 10.5. The molecule has 0 aliphatic carbocycles. The number of rotatable bonds is 4. The Bertz CT molecular complexity index is 677. The molecule has 2 aromatic carbocycles. The van der Waals surface area contributed by atoms with Crippen molar-refractivity contribution in [2.24, 2.45) is 0 Å². The maximum atomic E-state index is 13.4. The van der Waals surface area contributed by atoms with Crippen LogP contribution in [-0.2, 0) is 11.2 Å². The molecule has 0 saturated carbocycles. The van der Waals surface area contributed by atoms with Crippen molar-refractivity contribution in [3.05, 3.63) is 63.6 Å². The van der Waals surface area contributed by atoms with Crippen LogP contribution >= 0.6 is 23.2 Å². The summed E-state index contributed by atoms with van der Waals surface area (Å²) in [5.74, 6) is -1.41. The van der Waals surface area contributed by atoms with E-state index in [1.807, 2.05) is 0 Å². The molecule has 110 valence electrons. The number of carbonyl (C=O) groups excluding carboxylic acids is 1. The minimum absolute atomic E-state index is 0.0132. The molecule has 0 radical (unpaired) electrons. The van der Waals surface area contributed by atoms with Gasteiger partial charge in [0.1, 0.15) is 11.6 Å². The molecule has 0 spiro atoms. The molecular weight excluding hydrogens is 319 g/mol. The zero-order chi connectivity index (χ0) is 15.4. The minimum atomic E-state index is -0.535. The van der Waals surface area contributed by atoms with E-state index in [0.717, 1.165) is 18.2 Å². The number of hydrogen-bond acceptors (Lipinski definition) is 1. The lowest BCUT2D eigenvalue weighted by atomic mass is 10.1. The lowest BCUT2D eigenvalue weighted by molar-refractivity contribution is -0.116. The standard InChI is InChI=1S/C15H11Cl2F2NO/c16-10-2-5-14(12(17)8-10)20-15(21)6-1-9-7-11(18)3-4-13(9)19/h2-5,7-8H,1,6H2,(H,20,21). The molecule has 0 aromatic heterocycles. The highest BCUT2D eigenvalue weighted by Gasteiger charge is 2.09. The molecule has 0 atom stereocenters. The summed E-state index contributed by atoms with van der Waals surface area (Å²) in [4.78, 5) is 11.8. The van der Waals surface area contributed by atoms with Crippen LogP contribution in [0.2, 0.25) is 10.0 Å². The second-order valence-corrected chi connectivity index (χ2v) is 5.25. The van der Waals surface area contributed by atoms with Crippen LogP contribution in [0.1, 0.15) is 12.0 Å². The maximum absolute atomic E-state index is 13.4. The molecule has 0 fully saturated rings. The Labute approximate surface area is 130 Å². The number of hydrogen-bond donors (Lipinski definition) is 1. The van der Waals surface area contributed by atoms with Gasteiger partial charge in [-0.05, 0) is 48.4 Å². The Kier molecular flexibility index (Phi) is 5.15. The zero-order valence-corrected chi connectivity index (χ0v) is 12.3. The van der Waals surface area contributed by atoms with Crippen LogP contribution in [0.5, 0.6) is 0 Å². The van der Waals surface area contributed by atoms with Gasteiger partial charge < -0.3 is 5.32 Å². The number of anilines is 1. The molecule has 21 heavy (non-hydrogen) atoms. The van der Waals surface area contributed by atoms with Gasteiger partial charge in [0, 0.05) is 11.4 Å². The van der Waals surface area contributed by atoms with Gasteiger partial charge in [0.05, 0.1) is 10.7 Å². The average Bonchev–Trinajstić information content (AvgIpc) is 2.43. The number of carbonyl (C=O) groups is 1. The Morgan fingerprint density at radius 2 is 1.86 bits per heavy atom. The van der Waals surface area contributed by atoms with Gasteiger partial charge in [-0.2, -0.15) is 0 Å². The number of amides is 1. The van der Waals surface area contributed by atoms with E-state index >= 15 is 0 Å². The third-order valence-electron chi connectivity index (χ3n) is 2.83. The summed E-state index contributed by atoms with van der Waals surface area (Å²) in [5.41, 5.74) is 0.582. The molecule has 1 amide bonds. The molecule has 0 aliphatic rings. The highest BCUT2D eigenvalue weighted by Crippen LogP contribution is 2.25. The first-order valence-corrected chi connectivity index (χ1v) is 6.90. The first-order chi connectivity index (χ1) is 9.95. The molecule has 0 aliphatic heterocycles. The van der Waals surface area contributed by atoms with E-state index < -0.39 is 11.6 Å². The Morgan fingerprint density at radius 1 is 1.10 bits per heavy atom. The van der Waals surface area contributed by atoms with Crippen molar-refractivity contribution >= 4 is 34.8 Å². The topological polar surface area (TPSA) is 29.1 Å². The van der Waals surface area contributed by atoms with Gasteiger partial charge in [0.15, 0.2) is 0 Å². The van der Waals surface area contributed by atoms with Gasteiger partial charge in [0.25, 0.3) is 0 Å². The average molecular weight is 330 g/mol. The molecule has 1 N–H and O–H groups in total. The first-order valence-electron chi connectivity index (χ1n) is 6.14. The summed E-state index contributed by atoms with van der Waals surface area (Å²) >= 11 is 11.7. The number of halogens is 4. The fraction of sp³-hybridized carbons (Fsp3) is 0.133. The van der Waals surface area contributed by atoms with Crippen molar-refractivity contribution in [1.82, 2.24) is 0 Å². The molecule has 0 bridgehead atoms. The summed E-state index contributed by atoms with van der Waals surface area (Å²) in [6, 6.07) is 7.83. The van der Waals surface area contributed by atoms with Gasteiger partial charge in [-0.25, -0.2) is 8.78 Å². The Hall–Kier alpha value is -1.65. The second kappa shape index (κ2) is 6.87. The SMILES string of the molecule is O=C(CCc1cc(F)ccc1F)Nc1ccc(Cl)cc1Cl. The number of nitrogens with one attached hydrogen (secondary N) is 1. The van der Waals surface area contributed by atoms with E-state index in [0.29, 0.717) is 15.7 Å². The van der Waals surface area contributed by atoms with Crippen LogP contribution in [0.3, 0.4) is 0 Å². The highest BCUT2D eigenvalue weighted by molar-refractivity contribution is 6.36. The van der Waals surface area contributed by atoms with Crippen LogP contribution in [0.4, 0.5) is 14.5 Å². The lowest BCUT2D eigenvalue weighted by Crippen LogP contribution is -2.13. The zero-order valence-electron chi connectivity index (χ0n) is 10.8. The Morgan fingerprint density at radius 3 is 2.57 bits per heavy atom. The van der Waals surface area contributed by atoms with Crippen molar-refractivity contribution in [1.29, 1.82) is 0 Å². The lowest BCUT2D eigenvalue weighted by Gasteiger charge is -2.08. The molecule has 6 heteroatoms.